The summed E-state index contributed by atoms with van der Waals surface area (Å²) in [5.74, 6) is -0.0766. The molecule has 0 aromatic heterocycles. The van der Waals surface area contributed by atoms with E-state index in [0.717, 1.165) is 43.6 Å². The normalized spacial score (nSPS) is 14.1. The zero-order chi connectivity index (χ0) is 21.9. The lowest BCUT2D eigenvalue weighted by Crippen LogP contribution is -2.34. The van der Waals surface area contributed by atoms with Gasteiger partial charge in [0.2, 0.25) is 0 Å². The second-order valence-corrected chi connectivity index (χ2v) is 8.02. The molecule has 160 valence electrons. The molecule has 0 spiro atoms. The van der Waals surface area contributed by atoms with Crippen LogP contribution in [0.5, 0.6) is 0 Å². The van der Waals surface area contributed by atoms with Crippen LogP contribution < -0.4 is 15.5 Å². The highest BCUT2D eigenvalue weighted by atomic mass is 32.1. The van der Waals surface area contributed by atoms with Crippen LogP contribution in [0.15, 0.2) is 42.5 Å². The van der Waals surface area contributed by atoms with Gasteiger partial charge in [0.1, 0.15) is 0 Å². The Balaban J connectivity index is 1.76. The molecule has 8 heteroatoms. The summed E-state index contributed by atoms with van der Waals surface area (Å²) in [5.41, 5.74) is 1.62. The fourth-order valence-corrected chi connectivity index (χ4v) is 3.60. The number of hydrogen-bond donors (Lipinski definition) is 2. The van der Waals surface area contributed by atoms with Crippen molar-refractivity contribution in [2.45, 2.75) is 38.8 Å². The van der Waals surface area contributed by atoms with Crippen LogP contribution in [0.4, 0.5) is 24.5 Å². The van der Waals surface area contributed by atoms with E-state index < -0.39 is 17.6 Å². The first-order valence-electron chi connectivity index (χ1n) is 9.83. The van der Waals surface area contributed by atoms with Crippen molar-refractivity contribution in [2.24, 2.45) is 0 Å². The van der Waals surface area contributed by atoms with E-state index in [1.807, 2.05) is 17.0 Å². The van der Waals surface area contributed by atoms with Crippen molar-refractivity contribution >= 4 is 34.6 Å². The molecular weight excluding hydrogens is 411 g/mol. The van der Waals surface area contributed by atoms with Crippen molar-refractivity contribution in [3.63, 3.8) is 0 Å². The van der Waals surface area contributed by atoms with Crippen molar-refractivity contribution < 1.29 is 18.0 Å². The first-order chi connectivity index (χ1) is 14.1. The Morgan fingerprint density at radius 2 is 1.70 bits per heavy atom. The van der Waals surface area contributed by atoms with Gasteiger partial charge in [-0.3, -0.25) is 10.1 Å². The number of carbonyl (C=O) groups is 1. The molecular formula is C22H24F3N3OS. The van der Waals surface area contributed by atoms with Crippen molar-refractivity contribution in [2.75, 3.05) is 23.3 Å². The second kappa shape index (κ2) is 9.04. The maximum Gasteiger partial charge on any atom is 0.416 e. The lowest BCUT2D eigenvalue weighted by atomic mass is 10.0. The number of nitrogens with one attached hydrogen (secondary N) is 2. The lowest BCUT2D eigenvalue weighted by Gasteiger charge is -2.23. The van der Waals surface area contributed by atoms with Crippen LogP contribution >= 0.6 is 12.2 Å². The molecule has 1 heterocycles. The van der Waals surface area contributed by atoms with E-state index in [1.165, 1.54) is 6.07 Å². The predicted octanol–water partition coefficient (Wildman–Crippen LogP) is 5.56. The number of anilines is 2. The number of carbonyl (C=O) groups excluding carboxylic acids is 1. The van der Waals surface area contributed by atoms with Crippen molar-refractivity contribution in [3.8, 4) is 0 Å². The topological polar surface area (TPSA) is 44.4 Å². The molecule has 2 aromatic rings. The van der Waals surface area contributed by atoms with Gasteiger partial charge in [0, 0.05) is 18.7 Å². The number of nitrogens with zero attached hydrogens (tertiary/aromatic N) is 1. The van der Waals surface area contributed by atoms with Gasteiger partial charge in [-0.2, -0.15) is 13.2 Å². The van der Waals surface area contributed by atoms with Crippen molar-refractivity contribution in [1.82, 2.24) is 5.32 Å². The molecule has 2 N–H and O–H groups in total. The van der Waals surface area contributed by atoms with Crippen molar-refractivity contribution in [3.05, 3.63) is 59.2 Å². The van der Waals surface area contributed by atoms with Crippen LogP contribution in [0.2, 0.25) is 0 Å². The summed E-state index contributed by atoms with van der Waals surface area (Å²) in [5, 5.41) is 5.29. The Labute approximate surface area is 179 Å². The molecule has 1 amide bonds. The Hall–Kier alpha value is -2.61. The van der Waals surface area contributed by atoms with E-state index in [1.54, 1.807) is 12.1 Å². The largest absolute Gasteiger partial charge is 0.416 e. The Morgan fingerprint density at radius 1 is 1.07 bits per heavy atom. The zero-order valence-electron chi connectivity index (χ0n) is 16.8. The average molecular weight is 436 g/mol. The molecule has 0 saturated carbocycles. The molecule has 30 heavy (non-hydrogen) atoms. The molecule has 0 aliphatic carbocycles. The minimum absolute atomic E-state index is 0.0484. The number of rotatable bonds is 4. The molecule has 0 atom stereocenters. The average Bonchev–Trinajstić information content (AvgIpc) is 3.21. The fourth-order valence-electron chi connectivity index (χ4n) is 3.39. The monoisotopic (exact) mass is 435 g/mol. The molecule has 1 saturated heterocycles. The van der Waals surface area contributed by atoms with E-state index in [2.05, 4.69) is 24.5 Å². The Bertz CT molecular complexity index is 920. The van der Waals surface area contributed by atoms with Gasteiger partial charge in [-0.15, -0.1) is 0 Å². The summed E-state index contributed by atoms with van der Waals surface area (Å²) in [4.78, 5) is 14.5. The number of thiocarbonyl (C=S) groups is 1. The molecule has 1 aliphatic rings. The van der Waals surface area contributed by atoms with E-state index >= 15 is 0 Å². The van der Waals surface area contributed by atoms with Gasteiger partial charge in [-0.25, -0.2) is 0 Å². The van der Waals surface area contributed by atoms with Gasteiger partial charge < -0.3 is 10.2 Å². The van der Waals surface area contributed by atoms with E-state index in [0.29, 0.717) is 17.2 Å². The van der Waals surface area contributed by atoms with Gasteiger partial charge in [-0.05, 0) is 66.9 Å². The van der Waals surface area contributed by atoms with Crippen LogP contribution in [-0.4, -0.2) is 24.1 Å². The van der Waals surface area contributed by atoms with E-state index in [9.17, 15) is 18.0 Å². The van der Waals surface area contributed by atoms with Crippen LogP contribution in [0.1, 0.15) is 54.1 Å². The quantitative estimate of drug-likeness (QED) is 0.618. The third-order valence-corrected chi connectivity index (χ3v) is 5.29. The SMILES string of the molecule is CC(C)c1ccc(C(=O)NC(=S)Nc2cc(C(F)(F)F)ccc2N2CCCC2)cc1. The summed E-state index contributed by atoms with van der Waals surface area (Å²) in [6.45, 7) is 5.64. The molecule has 0 unspecified atom stereocenters. The summed E-state index contributed by atoms with van der Waals surface area (Å²) >= 11 is 5.21. The minimum Gasteiger partial charge on any atom is -0.370 e. The third kappa shape index (κ3) is 5.30. The Morgan fingerprint density at radius 3 is 2.27 bits per heavy atom. The van der Waals surface area contributed by atoms with Crippen LogP contribution in [0.25, 0.3) is 0 Å². The fraction of sp³-hybridized carbons (Fsp3) is 0.364. The molecule has 0 bridgehead atoms. The second-order valence-electron chi connectivity index (χ2n) is 7.61. The highest BCUT2D eigenvalue weighted by molar-refractivity contribution is 7.80. The summed E-state index contributed by atoms with van der Waals surface area (Å²) in [7, 11) is 0. The molecule has 1 fully saturated rings. The molecule has 4 nitrogen and oxygen atoms in total. The first-order valence-corrected chi connectivity index (χ1v) is 10.2. The maximum absolute atomic E-state index is 13.2. The molecule has 0 radical (unpaired) electrons. The van der Waals surface area contributed by atoms with Gasteiger partial charge in [0.25, 0.3) is 5.91 Å². The summed E-state index contributed by atoms with van der Waals surface area (Å²) in [6.07, 6.45) is -2.51. The number of benzene rings is 2. The van der Waals surface area contributed by atoms with E-state index in [-0.39, 0.29) is 10.8 Å². The Kier molecular flexibility index (Phi) is 6.65. The third-order valence-electron chi connectivity index (χ3n) is 5.09. The first kappa shape index (κ1) is 22.1. The van der Waals surface area contributed by atoms with Gasteiger partial charge >= 0.3 is 6.18 Å². The van der Waals surface area contributed by atoms with Gasteiger partial charge in [0.15, 0.2) is 5.11 Å². The molecule has 1 aliphatic heterocycles. The minimum atomic E-state index is -4.47. The zero-order valence-corrected chi connectivity index (χ0v) is 17.7. The van der Waals surface area contributed by atoms with Gasteiger partial charge in [-0.1, -0.05) is 26.0 Å². The maximum atomic E-state index is 13.2. The highest BCUT2D eigenvalue weighted by Crippen LogP contribution is 2.36. The smallest absolute Gasteiger partial charge is 0.370 e. The highest BCUT2D eigenvalue weighted by Gasteiger charge is 2.32. The standard InChI is InChI=1S/C22H24F3N3OS/c1-14(2)15-5-7-16(8-6-15)20(29)27-21(30)26-18-13-17(22(23,24)25)9-10-19(18)28-11-3-4-12-28/h5-10,13-14H,3-4,11-12H2,1-2H3,(H2,26,27,29,30). The van der Waals surface area contributed by atoms with Crippen molar-refractivity contribution in [1.29, 1.82) is 0 Å². The molecule has 3 rings (SSSR count). The predicted molar refractivity (Wildman–Crippen MR) is 117 cm³/mol. The number of halogens is 3. The van der Waals surface area contributed by atoms with Gasteiger partial charge in [0.05, 0.1) is 16.9 Å². The van der Waals surface area contributed by atoms with Crippen LogP contribution in [0, 0.1) is 0 Å². The van der Waals surface area contributed by atoms with E-state index in [4.69, 9.17) is 12.2 Å². The van der Waals surface area contributed by atoms with Crippen LogP contribution in [-0.2, 0) is 6.18 Å². The summed E-state index contributed by atoms with van der Waals surface area (Å²) in [6, 6.07) is 10.7. The summed E-state index contributed by atoms with van der Waals surface area (Å²) < 4.78 is 39.6. The molecule has 2 aromatic carbocycles. The van der Waals surface area contributed by atoms with Crippen LogP contribution in [0.3, 0.4) is 0 Å². The number of amides is 1. The number of alkyl halides is 3. The lowest BCUT2D eigenvalue weighted by molar-refractivity contribution is -0.137. The number of hydrogen-bond acceptors (Lipinski definition) is 3.